The maximum absolute atomic E-state index is 11.6. The third kappa shape index (κ3) is 3.21. The summed E-state index contributed by atoms with van der Waals surface area (Å²) in [6, 6.07) is 3.53. The van der Waals surface area contributed by atoms with Crippen LogP contribution in [-0.4, -0.2) is 43.0 Å². The van der Waals surface area contributed by atoms with E-state index in [1.165, 1.54) is 4.90 Å². The Morgan fingerprint density at radius 3 is 2.93 bits per heavy atom. The first kappa shape index (κ1) is 11.5. The van der Waals surface area contributed by atoms with E-state index in [2.05, 4.69) is 10.3 Å². The van der Waals surface area contributed by atoms with E-state index in [9.17, 15) is 4.79 Å². The van der Waals surface area contributed by atoms with E-state index in [1.54, 1.807) is 26.4 Å². The van der Waals surface area contributed by atoms with Crippen LogP contribution in [0.15, 0.2) is 18.3 Å². The summed E-state index contributed by atoms with van der Waals surface area (Å²) in [6.45, 7) is 1.24. The smallest absolute Gasteiger partial charge is 0.272 e. The number of amides is 1. The highest BCUT2D eigenvalue weighted by molar-refractivity contribution is 5.92. The van der Waals surface area contributed by atoms with Gasteiger partial charge in [0.05, 0.1) is 0 Å². The second-order valence-electron chi connectivity index (χ2n) is 3.34. The van der Waals surface area contributed by atoms with Gasteiger partial charge in [0.1, 0.15) is 5.69 Å². The number of nitrogens with two attached hydrogens (primary N) is 1. The monoisotopic (exact) mass is 208 g/mol. The van der Waals surface area contributed by atoms with Crippen LogP contribution in [0, 0.1) is 0 Å². The van der Waals surface area contributed by atoms with Crippen molar-refractivity contribution < 1.29 is 4.79 Å². The number of carbonyl (C=O) groups is 1. The zero-order chi connectivity index (χ0) is 11.3. The number of anilines is 1. The largest absolute Gasteiger partial charge is 0.384 e. The summed E-state index contributed by atoms with van der Waals surface area (Å²) in [7, 11) is 3.40. The van der Waals surface area contributed by atoms with Crippen molar-refractivity contribution in [3.05, 3.63) is 24.0 Å². The normalized spacial score (nSPS) is 9.80. The van der Waals surface area contributed by atoms with Gasteiger partial charge >= 0.3 is 0 Å². The number of carbonyl (C=O) groups excluding carboxylic acids is 1. The predicted octanol–water partition coefficient (Wildman–Crippen LogP) is 0.154. The van der Waals surface area contributed by atoms with E-state index >= 15 is 0 Å². The molecule has 15 heavy (non-hydrogen) atoms. The molecule has 0 radical (unpaired) electrons. The maximum Gasteiger partial charge on any atom is 0.272 e. The summed E-state index contributed by atoms with van der Waals surface area (Å²) in [5.41, 5.74) is 6.66. The van der Waals surface area contributed by atoms with E-state index in [1.807, 2.05) is 6.07 Å². The molecule has 5 heteroatoms. The van der Waals surface area contributed by atoms with Gasteiger partial charge in [-0.15, -0.1) is 0 Å². The van der Waals surface area contributed by atoms with Crippen LogP contribution < -0.4 is 11.1 Å². The molecule has 1 rings (SSSR count). The number of pyridine rings is 1. The van der Waals surface area contributed by atoms with Crippen molar-refractivity contribution in [2.75, 3.05) is 32.5 Å². The Morgan fingerprint density at radius 1 is 1.60 bits per heavy atom. The molecule has 0 saturated heterocycles. The third-order valence-electron chi connectivity index (χ3n) is 1.86. The lowest BCUT2D eigenvalue weighted by Gasteiger charge is -2.10. The van der Waals surface area contributed by atoms with Crippen molar-refractivity contribution in [1.82, 2.24) is 9.88 Å². The molecule has 0 aliphatic rings. The van der Waals surface area contributed by atoms with E-state index < -0.39 is 0 Å². The first-order valence-electron chi connectivity index (χ1n) is 4.77. The van der Waals surface area contributed by atoms with Crippen molar-refractivity contribution in [3.63, 3.8) is 0 Å². The van der Waals surface area contributed by atoms with Crippen molar-refractivity contribution in [2.24, 2.45) is 5.73 Å². The second-order valence-corrected chi connectivity index (χ2v) is 3.34. The van der Waals surface area contributed by atoms with Crippen LogP contribution >= 0.6 is 0 Å². The van der Waals surface area contributed by atoms with Crippen molar-refractivity contribution >= 4 is 11.6 Å². The van der Waals surface area contributed by atoms with Gasteiger partial charge in [-0.25, -0.2) is 0 Å². The molecule has 0 spiro atoms. The van der Waals surface area contributed by atoms with E-state index in [-0.39, 0.29) is 5.91 Å². The Balaban J connectivity index is 2.78. The van der Waals surface area contributed by atoms with Crippen LogP contribution in [0.5, 0.6) is 0 Å². The summed E-state index contributed by atoms with van der Waals surface area (Å²) in [5, 5.41) is 3.09. The number of rotatable bonds is 4. The molecule has 0 unspecified atom stereocenters. The maximum atomic E-state index is 11.6. The van der Waals surface area contributed by atoms with Gasteiger partial charge in [-0.1, -0.05) is 0 Å². The molecule has 0 saturated carbocycles. The first-order chi connectivity index (χ1) is 7.15. The minimum absolute atomic E-state index is 0.105. The summed E-state index contributed by atoms with van der Waals surface area (Å²) < 4.78 is 0. The Kier molecular flexibility index (Phi) is 4.05. The van der Waals surface area contributed by atoms with Crippen LogP contribution in [0.25, 0.3) is 0 Å². The Labute approximate surface area is 89.3 Å². The highest BCUT2D eigenvalue weighted by Crippen LogP contribution is 2.08. The van der Waals surface area contributed by atoms with Crippen LogP contribution in [0.1, 0.15) is 10.5 Å². The van der Waals surface area contributed by atoms with Crippen LogP contribution in [0.3, 0.4) is 0 Å². The van der Waals surface area contributed by atoms with Gasteiger partial charge in [-0.3, -0.25) is 9.78 Å². The summed E-state index contributed by atoms with van der Waals surface area (Å²) in [4.78, 5) is 17.1. The number of aromatic nitrogens is 1. The first-order valence-corrected chi connectivity index (χ1v) is 4.77. The molecule has 1 aromatic rings. The van der Waals surface area contributed by atoms with Crippen molar-refractivity contribution in [1.29, 1.82) is 0 Å². The van der Waals surface area contributed by atoms with E-state index in [0.717, 1.165) is 5.69 Å². The standard InChI is InChI=1S/C10H16N4O/c1-14(2)10(15)9-7-8(3-5-13-9)12-6-4-11/h3,5,7H,4,6,11H2,1-2H3,(H,12,13). The van der Waals surface area contributed by atoms with Gasteiger partial charge in [0.25, 0.3) is 5.91 Å². The van der Waals surface area contributed by atoms with Crippen LogP contribution in [0.4, 0.5) is 5.69 Å². The number of nitrogens with one attached hydrogen (secondary N) is 1. The Bertz CT molecular complexity index is 338. The molecule has 0 fully saturated rings. The molecule has 82 valence electrons. The second kappa shape index (κ2) is 5.31. The van der Waals surface area contributed by atoms with Gasteiger partial charge in [-0.2, -0.15) is 0 Å². The zero-order valence-corrected chi connectivity index (χ0v) is 9.03. The lowest BCUT2D eigenvalue weighted by atomic mass is 10.3. The highest BCUT2D eigenvalue weighted by atomic mass is 16.2. The van der Waals surface area contributed by atoms with Crippen LogP contribution in [-0.2, 0) is 0 Å². The number of nitrogens with zero attached hydrogens (tertiary/aromatic N) is 2. The van der Waals surface area contributed by atoms with Crippen molar-refractivity contribution in [3.8, 4) is 0 Å². The molecule has 0 aliphatic heterocycles. The number of hydrogen-bond acceptors (Lipinski definition) is 4. The fraction of sp³-hybridized carbons (Fsp3) is 0.400. The summed E-state index contributed by atoms with van der Waals surface area (Å²) >= 11 is 0. The quantitative estimate of drug-likeness (QED) is 0.739. The molecule has 0 aromatic carbocycles. The van der Waals surface area contributed by atoms with E-state index in [0.29, 0.717) is 18.8 Å². The minimum atomic E-state index is -0.105. The topological polar surface area (TPSA) is 71.2 Å². The average Bonchev–Trinajstić information content (AvgIpc) is 2.25. The van der Waals surface area contributed by atoms with Crippen LogP contribution in [0.2, 0.25) is 0 Å². The van der Waals surface area contributed by atoms with Gasteiger partial charge in [0.2, 0.25) is 0 Å². The molecule has 3 N–H and O–H groups in total. The molecular formula is C10H16N4O. The van der Waals surface area contributed by atoms with Gasteiger partial charge < -0.3 is 16.0 Å². The molecule has 0 aliphatic carbocycles. The summed E-state index contributed by atoms with van der Waals surface area (Å²) in [6.07, 6.45) is 1.61. The highest BCUT2D eigenvalue weighted by Gasteiger charge is 2.09. The fourth-order valence-electron chi connectivity index (χ4n) is 1.10. The molecule has 0 bridgehead atoms. The SMILES string of the molecule is CN(C)C(=O)c1cc(NCCN)ccn1. The fourth-order valence-corrected chi connectivity index (χ4v) is 1.10. The van der Waals surface area contributed by atoms with Gasteiger partial charge in [0.15, 0.2) is 0 Å². The van der Waals surface area contributed by atoms with Crippen molar-refractivity contribution in [2.45, 2.75) is 0 Å². The number of hydrogen-bond donors (Lipinski definition) is 2. The van der Waals surface area contributed by atoms with Gasteiger partial charge in [-0.05, 0) is 12.1 Å². The third-order valence-corrected chi connectivity index (χ3v) is 1.86. The Hall–Kier alpha value is -1.62. The Morgan fingerprint density at radius 2 is 2.33 bits per heavy atom. The molecule has 1 heterocycles. The molecule has 5 nitrogen and oxygen atoms in total. The zero-order valence-electron chi connectivity index (χ0n) is 9.03. The lowest BCUT2D eigenvalue weighted by molar-refractivity contribution is 0.0822. The molecule has 0 atom stereocenters. The summed E-state index contributed by atoms with van der Waals surface area (Å²) in [5.74, 6) is -0.105. The average molecular weight is 208 g/mol. The molecular weight excluding hydrogens is 192 g/mol. The van der Waals surface area contributed by atoms with Gasteiger partial charge in [0, 0.05) is 39.1 Å². The molecule has 1 aromatic heterocycles. The minimum Gasteiger partial charge on any atom is -0.384 e. The van der Waals surface area contributed by atoms with E-state index in [4.69, 9.17) is 5.73 Å². The molecule has 1 amide bonds. The lowest BCUT2D eigenvalue weighted by Crippen LogP contribution is -2.23. The predicted molar refractivity (Wildman–Crippen MR) is 59.8 cm³/mol.